The van der Waals surface area contributed by atoms with Crippen LogP contribution in [0.2, 0.25) is 0 Å². The monoisotopic (exact) mass is 215 g/mol. The van der Waals surface area contributed by atoms with Crippen molar-refractivity contribution in [3.05, 3.63) is 53.6 Å². The molecule has 3 nitrogen and oxygen atoms in total. The fourth-order valence-corrected chi connectivity index (χ4v) is 1.49. The number of aromatic hydroxyl groups is 3. The molecule has 2 aromatic rings. The van der Waals surface area contributed by atoms with Gasteiger partial charge in [-0.3, -0.25) is 0 Å². The molecule has 3 heteroatoms. The zero-order valence-corrected chi connectivity index (χ0v) is 8.51. The smallest absolute Gasteiger partial charge is 0.200 e. The van der Waals surface area contributed by atoms with Crippen LogP contribution in [0.1, 0.15) is 11.1 Å². The van der Waals surface area contributed by atoms with Gasteiger partial charge in [0.25, 0.3) is 0 Å². The lowest BCUT2D eigenvalue weighted by atomic mass is 10.0. The van der Waals surface area contributed by atoms with Gasteiger partial charge < -0.3 is 15.3 Å². The Labute approximate surface area is 93.2 Å². The summed E-state index contributed by atoms with van der Waals surface area (Å²) < 4.78 is 0. The molecule has 0 saturated carbocycles. The van der Waals surface area contributed by atoms with Crippen LogP contribution in [0.3, 0.4) is 0 Å². The van der Waals surface area contributed by atoms with Crippen LogP contribution in [0, 0.1) is 6.07 Å². The van der Waals surface area contributed by atoms with E-state index < -0.39 is 5.75 Å². The molecule has 0 aliphatic heterocycles. The number of phenolic OH excluding ortho intramolecular Hbond substituents is 3. The molecule has 0 bridgehead atoms. The van der Waals surface area contributed by atoms with Crippen LogP contribution in [-0.2, 0) is 6.42 Å². The summed E-state index contributed by atoms with van der Waals surface area (Å²) in [6.45, 7) is 0. The lowest BCUT2D eigenvalue weighted by Gasteiger charge is -2.07. The molecule has 2 aromatic carbocycles. The van der Waals surface area contributed by atoms with Crippen molar-refractivity contribution in [3.63, 3.8) is 0 Å². The largest absolute Gasteiger partial charge is 0.504 e. The van der Waals surface area contributed by atoms with Crippen molar-refractivity contribution in [2.75, 3.05) is 0 Å². The Morgan fingerprint density at radius 3 is 2.31 bits per heavy atom. The maximum absolute atomic E-state index is 9.60. The average molecular weight is 215 g/mol. The van der Waals surface area contributed by atoms with Crippen LogP contribution in [0.5, 0.6) is 17.2 Å². The third kappa shape index (κ3) is 1.93. The van der Waals surface area contributed by atoms with Gasteiger partial charge in [-0.15, -0.1) is 0 Å². The second kappa shape index (κ2) is 4.14. The summed E-state index contributed by atoms with van der Waals surface area (Å²) >= 11 is 0. The second-order valence-electron chi connectivity index (χ2n) is 3.51. The standard InChI is InChI=1S/C13H11O3/c14-11-7-6-10(12(15)13(11)16)8-9-4-2-1-3-5-9/h1-5,7,14-16H,8H2. The molecule has 0 aliphatic rings. The molecule has 0 spiro atoms. The Bertz CT molecular complexity index is 492. The van der Waals surface area contributed by atoms with Crippen molar-refractivity contribution in [1.29, 1.82) is 0 Å². The first-order chi connectivity index (χ1) is 7.68. The number of rotatable bonds is 2. The molecule has 0 atom stereocenters. The van der Waals surface area contributed by atoms with Crippen molar-refractivity contribution in [2.24, 2.45) is 0 Å². The lowest BCUT2D eigenvalue weighted by Crippen LogP contribution is -1.89. The molecule has 0 aliphatic carbocycles. The van der Waals surface area contributed by atoms with Crippen LogP contribution in [0.4, 0.5) is 0 Å². The van der Waals surface area contributed by atoms with Crippen molar-refractivity contribution in [2.45, 2.75) is 6.42 Å². The van der Waals surface area contributed by atoms with Gasteiger partial charge in [0.05, 0.1) is 0 Å². The zero-order chi connectivity index (χ0) is 11.5. The van der Waals surface area contributed by atoms with Crippen LogP contribution >= 0.6 is 0 Å². The predicted molar refractivity (Wildman–Crippen MR) is 59.5 cm³/mol. The van der Waals surface area contributed by atoms with E-state index in [0.717, 1.165) is 5.56 Å². The summed E-state index contributed by atoms with van der Waals surface area (Å²) in [6.07, 6.45) is 0.459. The first kappa shape index (κ1) is 10.4. The fraction of sp³-hybridized carbons (Fsp3) is 0.0769. The highest BCUT2D eigenvalue weighted by Crippen LogP contribution is 2.37. The first-order valence-corrected chi connectivity index (χ1v) is 4.87. The van der Waals surface area contributed by atoms with E-state index >= 15 is 0 Å². The van der Waals surface area contributed by atoms with Gasteiger partial charge in [-0.05, 0) is 17.7 Å². The van der Waals surface area contributed by atoms with Gasteiger partial charge in [0.1, 0.15) is 0 Å². The Balaban J connectivity index is 2.33. The number of hydrogen-bond acceptors (Lipinski definition) is 3. The second-order valence-corrected chi connectivity index (χ2v) is 3.51. The minimum absolute atomic E-state index is 0.316. The van der Waals surface area contributed by atoms with E-state index in [-0.39, 0.29) is 11.5 Å². The molecule has 1 radical (unpaired) electrons. The van der Waals surface area contributed by atoms with E-state index in [1.807, 2.05) is 30.3 Å². The number of benzene rings is 2. The minimum atomic E-state index is -0.496. The molecule has 2 rings (SSSR count). The molecule has 3 N–H and O–H groups in total. The Kier molecular flexibility index (Phi) is 2.68. The predicted octanol–water partition coefficient (Wildman–Crippen LogP) is 2.19. The molecule has 0 unspecified atom stereocenters. The molecule has 0 saturated heterocycles. The van der Waals surface area contributed by atoms with E-state index in [0.29, 0.717) is 12.0 Å². The van der Waals surface area contributed by atoms with Crippen LogP contribution in [-0.4, -0.2) is 15.3 Å². The van der Waals surface area contributed by atoms with Crippen LogP contribution in [0.15, 0.2) is 36.4 Å². The normalized spacial score (nSPS) is 10.2. The van der Waals surface area contributed by atoms with Crippen molar-refractivity contribution >= 4 is 0 Å². The quantitative estimate of drug-likeness (QED) is 0.673. The van der Waals surface area contributed by atoms with Crippen LogP contribution in [0.25, 0.3) is 0 Å². The molecule has 81 valence electrons. The summed E-state index contributed by atoms with van der Waals surface area (Å²) in [5, 5.41) is 28.1. The van der Waals surface area contributed by atoms with Crippen molar-refractivity contribution in [1.82, 2.24) is 0 Å². The zero-order valence-electron chi connectivity index (χ0n) is 8.51. The molecule has 16 heavy (non-hydrogen) atoms. The number of phenols is 3. The van der Waals surface area contributed by atoms with Gasteiger partial charge in [-0.1, -0.05) is 30.3 Å². The molecule has 0 fully saturated rings. The van der Waals surface area contributed by atoms with Crippen LogP contribution < -0.4 is 0 Å². The van der Waals surface area contributed by atoms with E-state index in [1.165, 1.54) is 6.07 Å². The molecule has 0 aromatic heterocycles. The van der Waals surface area contributed by atoms with E-state index in [9.17, 15) is 10.2 Å². The summed E-state index contributed by atoms with van der Waals surface area (Å²) in [4.78, 5) is 0. The SMILES string of the molecule is Oc1c[c]c(Cc2ccccc2)c(O)c1O. The van der Waals surface area contributed by atoms with Gasteiger partial charge >= 0.3 is 0 Å². The molecule has 0 amide bonds. The third-order valence-corrected chi connectivity index (χ3v) is 2.36. The maximum Gasteiger partial charge on any atom is 0.200 e. The van der Waals surface area contributed by atoms with Crippen molar-refractivity contribution < 1.29 is 15.3 Å². The third-order valence-electron chi connectivity index (χ3n) is 2.36. The Hall–Kier alpha value is -2.16. The van der Waals surface area contributed by atoms with E-state index in [2.05, 4.69) is 6.07 Å². The highest BCUT2D eigenvalue weighted by Gasteiger charge is 2.11. The molecular weight excluding hydrogens is 204 g/mol. The minimum Gasteiger partial charge on any atom is -0.504 e. The lowest BCUT2D eigenvalue weighted by molar-refractivity contribution is 0.365. The van der Waals surface area contributed by atoms with Gasteiger partial charge in [0.2, 0.25) is 5.75 Å². The Morgan fingerprint density at radius 1 is 0.938 bits per heavy atom. The van der Waals surface area contributed by atoms with Gasteiger partial charge in [0.15, 0.2) is 11.5 Å². The summed E-state index contributed by atoms with van der Waals surface area (Å²) in [5.41, 5.74) is 1.46. The summed E-state index contributed by atoms with van der Waals surface area (Å²) in [6, 6.07) is 13.5. The fourth-order valence-electron chi connectivity index (χ4n) is 1.49. The van der Waals surface area contributed by atoms with E-state index in [1.54, 1.807) is 0 Å². The maximum atomic E-state index is 9.60. The van der Waals surface area contributed by atoms with Gasteiger partial charge in [-0.2, -0.15) is 0 Å². The van der Waals surface area contributed by atoms with Crippen molar-refractivity contribution in [3.8, 4) is 17.2 Å². The topological polar surface area (TPSA) is 60.7 Å². The first-order valence-electron chi connectivity index (χ1n) is 4.87. The van der Waals surface area contributed by atoms with E-state index in [4.69, 9.17) is 5.11 Å². The Morgan fingerprint density at radius 2 is 1.62 bits per heavy atom. The van der Waals surface area contributed by atoms with Gasteiger partial charge in [-0.25, -0.2) is 0 Å². The average Bonchev–Trinajstić information content (AvgIpc) is 2.31. The summed E-state index contributed by atoms with van der Waals surface area (Å²) in [7, 11) is 0. The molecule has 0 heterocycles. The highest BCUT2D eigenvalue weighted by molar-refractivity contribution is 5.53. The van der Waals surface area contributed by atoms with Gasteiger partial charge in [0, 0.05) is 12.0 Å². The number of hydrogen-bond donors (Lipinski definition) is 3. The molecular formula is C13H11O3. The highest BCUT2D eigenvalue weighted by atomic mass is 16.3. The summed E-state index contributed by atoms with van der Waals surface area (Å²) in [5.74, 6) is -1.18.